The van der Waals surface area contributed by atoms with Crippen molar-refractivity contribution in [3.05, 3.63) is 83.3 Å². The van der Waals surface area contributed by atoms with Gasteiger partial charge in [-0.3, -0.25) is 4.79 Å². The Morgan fingerprint density at radius 3 is 2.44 bits per heavy atom. The molecule has 0 atom stereocenters. The van der Waals surface area contributed by atoms with Gasteiger partial charge in [0.25, 0.3) is 5.91 Å². The van der Waals surface area contributed by atoms with Gasteiger partial charge in [0.05, 0.1) is 18.4 Å². The summed E-state index contributed by atoms with van der Waals surface area (Å²) in [5.74, 6) is 0.502. The van der Waals surface area contributed by atoms with Crippen molar-refractivity contribution in [2.75, 3.05) is 20.8 Å². The molecule has 0 fully saturated rings. The van der Waals surface area contributed by atoms with E-state index in [9.17, 15) is 9.59 Å². The number of esters is 1. The maximum Gasteiger partial charge on any atom is 0.340 e. The summed E-state index contributed by atoms with van der Waals surface area (Å²) in [6.45, 7) is 3.89. The van der Waals surface area contributed by atoms with E-state index in [4.69, 9.17) is 9.47 Å². The van der Waals surface area contributed by atoms with Crippen molar-refractivity contribution in [3.8, 4) is 11.6 Å². The Balaban J connectivity index is 1.33. The second kappa shape index (κ2) is 9.74. The van der Waals surface area contributed by atoms with Crippen LogP contribution in [-0.2, 0) is 16.1 Å². The lowest BCUT2D eigenvalue weighted by Crippen LogP contribution is -2.30. The zero-order valence-corrected chi connectivity index (χ0v) is 19.6. The summed E-state index contributed by atoms with van der Waals surface area (Å²) in [6, 6.07) is 17.1. The molecular formula is C26H26N4O4. The van der Waals surface area contributed by atoms with Crippen LogP contribution < -0.4 is 4.74 Å². The van der Waals surface area contributed by atoms with Crippen LogP contribution in [0.1, 0.15) is 27.3 Å². The quantitative estimate of drug-likeness (QED) is 0.391. The van der Waals surface area contributed by atoms with Crippen molar-refractivity contribution >= 4 is 22.6 Å². The molecule has 0 aliphatic carbocycles. The van der Waals surface area contributed by atoms with Gasteiger partial charge in [-0.25, -0.2) is 14.5 Å². The predicted octanol–water partition coefficient (Wildman–Crippen LogP) is 3.86. The highest BCUT2D eigenvalue weighted by molar-refractivity contribution is 5.91. The number of rotatable bonds is 7. The average molecular weight is 459 g/mol. The first-order chi connectivity index (χ1) is 16.3. The normalized spacial score (nSPS) is 10.8. The standard InChI is InChI=1S/C26H26N4O4/c1-17-11-18(2)30(28-17)24-10-8-22(14-27-24)26(32)34-16-25(31)29(3)15-19-5-6-21-13-23(33-4)9-7-20(21)12-19/h5-14H,15-16H2,1-4H3. The summed E-state index contributed by atoms with van der Waals surface area (Å²) in [7, 11) is 3.32. The Labute approximate surface area is 197 Å². The number of hydrogen-bond acceptors (Lipinski definition) is 6. The summed E-state index contributed by atoms with van der Waals surface area (Å²) >= 11 is 0. The van der Waals surface area contributed by atoms with E-state index in [0.29, 0.717) is 12.4 Å². The molecule has 0 unspecified atom stereocenters. The monoisotopic (exact) mass is 458 g/mol. The Hall–Kier alpha value is -4.20. The third-order valence-electron chi connectivity index (χ3n) is 5.49. The molecule has 2 aromatic carbocycles. The number of amides is 1. The molecule has 0 saturated heterocycles. The fourth-order valence-corrected chi connectivity index (χ4v) is 3.67. The minimum absolute atomic E-state index is 0.269. The molecule has 2 heterocycles. The van der Waals surface area contributed by atoms with Gasteiger partial charge in [-0.2, -0.15) is 5.10 Å². The average Bonchev–Trinajstić information content (AvgIpc) is 3.19. The summed E-state index contributed by atoms with van der Waals surface area (Å²) in [5, 5.41) is 6.49. The van der Waals surface area contributed by atoms with Crippen LogP contribution in [0.25, 0.3) is 16.6 Å². The van der Waals surface area contributed by atoms with Crippen LogP contribution in [0.5, 0.6) is 5.75 Å². The highest BCUT2D eigenvalue weighted by Crippen LogP contribution is 2.22. The molecule has 34 heavy (non-hydrogen) atoms. The highest BCUT2D eigenvalue weighted by atomic mass is 16.5. The van der Waals surface area contributed by atoms with E-state index in [1.54, 1.807) is 31.0 Å². The molecule has 8 nitrogen and oxygen atoms in total. The summed E-state index contributed by atoms with van der Waals surface area (Å²) in [6.07, 6.45) is 1.42. The first-order valence-electron chi connectivity index (χ1n) is 10.8. The Morgan fingerprint density at radius 2 is 1.76 bits per heavy atom. The lowest BCUT2D eigenvalue weighted by molar-refractivity contribution is -0.133. The second-order valence-electron chi connectivity index (χ2n) is 8.12. The molecule has 8 heteroatoms. The molecule has 1 amide bonds. The molecule has 0 aliphatic heterocycles. The van der Waals surface area contributed by atoms with E-state index in [0.717, 1.165) is 33.5 Å². The fourth-order valence-electron chi connectivity index (χ4n) is 3.67. The first-order valence-corrected chi connectivity index (χ1v) is 10.8. The van der Waals surface area contributed by atoms with Gasteiger partial charge < -0.3 is 14.4 Å². The van der Waals surface area contributed by atoms with Crippen molar-refractivity contribution < 1.29 is 19.1 Å². The van der Waals surface area contributed by atoms with E-state index in [2.05, 4.69) is 10.1 Å². The number of aromatic nitrogens is 3. The number of benzene rings is 2. The Kier molecular flexibility index (Phi) is 6.58. The third-order valence-corrected chi connectivity index (χ3v) is 5.49. The zero-order valence-electron chi connectivity index (χ0n) is 19.6. The number of hydrogen-bond donors (Lipinski definition) is 0. The van der Waals surface area contributed by atoms with Gasteiger partial charge in [0.15, 0.2) is 12.4 Å². The third kappa shape index (κ3) is 5.06. The Bertz CT molecular complexity index is 1340. The van der Waals surface area contributed by atoms with Crippen molar-refractivity contribution in [3.63, 3.8) is 0 Å². The van der Waals surface area contributed by atoms with Gasteiger partial charge in [0, 0.05) is 25.5 Å². The maximum atomic E-state index is 12.5. The van der Waals surface area contributed by atoms with E-state index >= 15 is 0 Å². The topological polar surface area (TPSA) is 86.5 Å². The van der Waals surface area contributed by atoms with E-state index in [1.165, 1.54) is 11.1 Å². The van der Waals surface area contributed by atoms with Crippen LogP contribution >= 0.6 is 0 Å². The summed E-state index contributed by atoms with van der Waals surface area (Å²) in [4.78, 5) is 30.7. The maximum absolute atomic E-state index is 12.5. The number of ether oxygens (including phenoxy) is 2. The van der Waals surface area contributed by atoms with Crippen molar-refractivity contribution in [2.45, 2.75) is 20.4 Å². The molecule has 0 bridgehead atoms. The van der Waals surface area contributed by atoms with Gasteiger partial charge in [-0.05, 0) is 66.6 Å². The van der Waals surface area contributed by atoms with Crippen LogP contribution in [0.2, 0.25) is 0 Å². The van der Waals surface area contributed by atoms with Gasteiger partial charge in [-0.1, -0.05) is 18.2 Å². The van der Waals surface area contributed by atoms with Crippen LogP contribution in [0.3, 0.4) is 0 Å². The number of pyridine rings is 1. The van der Waals surface area contributed by atoms with E-state index in [-0.39, 0.29) is 18.1 Å². The lowest BCUT2D eigenvalue weighted by atomic mass is 10.1. The van der Waals surface area contributed by atoms with Gasteiger partial charge in [0.1, 0.15) is 5.75 Å². The largest absolute Gasteiger partial charge is 0.497 e. The smallest absolute Gasteiger partial charge is 0.340 e. The number of aryl methyl sites for hydroxylation is 2. The number of fused-ring (bicyclic) bond motifs is 1. The van der Waals surface area contributed by atoms with Gasteiger partial charge in [-0.15, -0.1) is 0 Å². The molecular weight excluding hydrogens is 432 g/mol. The predicted molar refractivity (Wildman–Crippen MR) is 128 cm³/mol. The van der Waals surface area contributed by atoms with Gasteiger partial charge in [0.2, 0.25) is 0 Å². The molecule has 0 radical (unpaired) electrons. The molecule has 0 N–H and O–H groups in total. The molecule has 0 saturated carbocycles. The molecule has 2 aromatic heterocycles. The zero-order chi connectivity index (χ0) is 24.2. The van der Waals surface area contributed by atoms with Crippen molar-refractivity contribution in [1.29, 1.82) is 0 Å². The van der Waals surface area contributed by atoms with Crippen LogP contribution in [0.15, 0.2) is 60.8 Å². The van der Waals surface area contributed by atoms with E-state index < -0.39 is 5.97 Å². The van der Waals surface area contributed by atoms with Crippen LogP contribution in [0.4, 0.5) is 0 Å². The lowest BCUT2D eigenvalue weighted by Gasteiger charge is -2.17. The fraction of sp³-hybridized carbons (Fsp3) is 0.231. The second-order valence-corrected chi connectivity index (χ2v) is 8.12. The Morgan fingerprint density at radius 1 is 1.00 bits per heavy atom. The van der Waals surface area contributed by atoms with Gasteiger partial charge >= 0.3 is 5.97 Å². The van der Waals surface area contributed by atoms with Crippen LogP contribution in [-0.4, -0.2) is 52.3 Å². The van der Waals surface area contributed by atoms with Crippen LogP contribution in [0, 0.1) is 13.8 Å². The number of carbonyl (C=O) groups excluding carboxylic acids is 2. The number of carbonyl (C=O) groups is 2. The van der Waals surface area contributed by atoms with E-state index in [1.807, 2.05) is 56.3 Å². The minimum atomic E-state index is -0.603. The summed E-state index contributed by atoms with van der Waals surface area (Å²) < 4.78 is 12.2. The number of methoxy groups -OCH3 is 1. The molecule has 0 aliphatic rings. The summed E-state index contributed by atoms with van der Waals surface area (Å²) in [5.41, 5.74) is 3.07. The number of nitrogens with zero attached hydrogens (tertiary/aromatic N) is 4. The highest BCUT2D eigenvalue weighted by Gasteiger charge is 2.15. The molecule has 174 valence electrons. The van der Waals surface area contributed by atoms with Crippen molar-refractivity contribution in [1.82, 2.24) is 19.7 Å². The molecule has 4 aromatic rings. The minimum Gasteiger partial charge on any atom is -0.497 e. The molecule has 4 rings (SSSR count). The molecule has 0 spiro atoms. The SMILES string of the molecule is COc1ccc2cc(CN(C)C(=O)COC(=O)c3ccc(-n4nc(C)cc4C)nc3)ccc2c1. The first kappa shape index (κ1) is 23.0. The van der Waals surface area contributed by atoms with Crippen molar-refractivity contribution in [2.24, 2.45) is 0 Å². The number of likely N-dealkylation sites (N-methyl/N-ethyl adjacent to an activating group) is 1.